The van der Waals surface area contributed by atoms with Crippen molar-refractivity contribution in [3.63, 3.8) is 0 Å². The average molecular weight is 627 g/mol. The predicted octanol–water partition coefficient (Wildman–Crippen LogP) is -7.58. The molecule has 0 saturated heterocycles. The van der Waals surface area contributed by atoms with Crippen LogP contribution in [0.5, 0.6) is 0 Å². The summed E-state index contributed by atoms with van der Waals surface area (Å²) in [5.41, 5.74) is 15.7. The van der Waals surface area contributed by atoms with Gasteiger partial charge in [0.1, 0.15) is 30.2 Å². The molecule has 21 heteroatoms. The van der Waals surface area contributed by atoms with E-state index in [0.29, 0.717) is 0 Å². The lowest BCUT2D eigenvalue weighted by Gasteiger charge is -2.25. The van der Waals surface area contributed by atoms with Crippen molar-refractivity contribution in [1.29, 1.82) is 0 Å². The summed E-state index contributed by atoms with van der Waals surface area (Å²) in [6.07, 6.45) is -1.57. The summed E-state index contributed by atoms with van der Waals surface area (Å²) in [5, 5.41) is 38.4. The first-order valence-corrected chi connectivity index (χ1v) is 12.9. The van der Waals surface area contributed by atoms with E-state index in [4.69, 9.17) is 22.3 Å². The fraction of sp³-hybridized carbons (Fsp3) is 0.600. The Hall–Kier alpha value is -3.66. The molecule has 232 valence electrons. The minimum Gasteiger partial charge on any atom is -0.480 e. The van der Waals surface area contributed by atoms with Crippen molar-refractivity contribution in [2.75, 3.05) is 24.7 Å². The number of aliphatic carboxylic acids is 1. The summed E-state index contributed by atoms with van der Waals surface area (Å²) in [4.78, 5) is 96.4. The molecule has 0 rings (SSSR count). The van der Waals surface area contributed by atoms with Crippen molar-refractivity contribution < 1.29 is 53.7 Å². The van der Waals surface area contributed by atoms with Gasteiger partial charge in [0, 0.05) is 11.5 Å². The van der Waals surface area contributed by atoms with Crippen LogP contribution >= 0.6 is 25.3 Å². The standard InChI is InChI=1S/C20H34N8O11S2/c21-7(5-40)15(33)24-8(1-13(22)31)16(34)26-10(3-29)18(36)25-9(2-14(23)32)17(35)27-11(4-30)19(37)28-12(6-41)20(38)39/h7-12,29-30,40-41H,1-6,21H2,(H2,22,31)(H2,23,32)(H,24,33)(H,25,36)(H,26,34)(H,27,35)(H,28,37)(H,38,39)/t7-,8-,9-,10-,11-,12-/m0/s1. The molecule has 0 radical (unpaired) electrons. The highest BCUT2D eigenvalue weighted by Crippen LogP contribution is 2.00. The van der Waals surface area contributed by atoms with Crippen LogP contribution in [0.25, 0.3) is 0 Å². The minimum absolute atomic E-state index is 0.115. The number of rotatable bonds is 19. The third-order valence-corrected chi connectivity index (χ3v) is 5.80. The number of amides is 7. The van der Waals surface area contributed by atoms with E-state index in [9.17, 15) is 48.6 Å². The third kappa shape index (κ3) is 13.5. The molecular weight excluding hydrogens is 592 g/mol. The molecule has 6 atom stereocenters. The molecule has 14 N–H and O–H groups in total. The lowest BCUT2D eigenvalue weighted by molar-refractivity contribution is -0.142. The number of carboxylic acid groups (broad SMARTS) is 1. The van der Waals surface area contributed by atoms with Gasteiger partial charge in [-0.3, -0.25) is 33.6 Å². The monoisotopic (exact) mass is 626 g/mol. The number of primary amides is 2. The topological polar surface area (TPSA) is 335 Å². The summed E-state index contributed by atoms with van der Waals surface area (Å²) >= 11 is 7.61. The molecule has 7 amide bonds. The largest absolute Gasteiger partial charge is 0.480 e. The lowest BCUT2D eigenvalue weighted by Crippen LogP contribution is -2.61. The van der Waals surface area contributed by atoms with Gasteiger partial charge >= 0.3 is 5.97 Å². The highest BCUT2D eigenvalue weighted by Gasteiger charge is 2.33. The maximum absolute atomic E-state index is 12.7. The van der Waals surface area contributed by atoms with Gasteiger partial charge in [-0.2, -0.15) is 25.3 Å². The third-order valence-electron chi connectivity index (χ3n) is 5.04. The van der Waals surface area contributed by atoms with Gasteiger partial charge in [-0.1, -0.05) is 0 Å². The smallest absolute Gasteiger partial charge is 0.327 e. The summed E-state index contributed by atoms with van der Waals surface area (Å²) < 4.78 is 0. The van der Waals surface area contributed by atoms with Crippen molar-refractivity contribution in [2.45, 2.75) is 49.1 Å². The molecule has 19 nitrogen and oxygen atoms in total. The molecule has 0 bridgehead atoms. The first-order valence-electron chi connectivity index (χ1n) is 11.6. The summed E-state index contributed by atoms with van der Waals surface area (Å²) in [6.45, 7) is -2.09. The van der Waals surface area contributed by atoms with E-state index >= 15 is 0 Å². The number of nitrogens with two attached hydrogens (primary N) is 3. The van der Waals surface area contributed by atoms with Crippen LogP contribution in [-0.4, -0.2) is 124 Å². The van der Waals surface area contributed by atoms with Crippen molar-refractivity contribution in [3.8, 4) is 0 Å². The van der Waals surface area contributed by atoms with Crippen LogP contribution in [0.4, 0.5) is 0 Å². The zero-order chi connectivity index (χ0) is 31.9. The van der Waals surface area contributed by atoms with Crippen molar-refractivity contribution in [3.05, 3.63) is 0 Å². The van der Waals surface area contributed by atoms with Crippen LogP contribution in [0.15, 0.2) is 0 Å². The maximum atomic E-state index is 12.7. The Labute approximate surface area is 243 Å². The van der Waals surface area contributed by atoms with E-state index in [0.717, 1.165) is 0 Å². The second-order valence-corrected chi connectivity index (χ2v) is 9.05. The molecule has 0 spiro atoms. The number of thiol groups is 2. The number of carboxylic acids is 1. The Morgan fingerprint density at radius 3 is 1.17 bits per heavy atom. The van der Waals surface area contributed by atoms with Crippen LogP contribution < -0.4 is 43.8 Å². The van der Waals surface area contributed by atoms with Gasteiger partial charge in [-0.25, -0.2) is 4.79 Å². The number of hydrogen-bond donors (Lipinski definition) is 13. The van der Waals surface area contributed by atoms with Crippen LogP contribution in [0.3, 0.4) is 0 Å². The van der Waals surface area contributed by atoms with Gasteiger partial charge in [0.25, 0.3) is 0 Å². The highest BCUT2D eigenvalue weighted by molar-refractivity contribution is 7.80. The molecular formula is C20H34N8O11S2. The van der Waals surface area contributed by atoms with Gasteiger partial charge in [0.2, 0.25) is 41.4 Å². The minimum atomic E-state index is -1.81. The van der Waals surface area contributed by atoms with E-state index in [-0.39, 0.29) is 11.5 Å². The normalized spacial score (nSPS) is 15.0. The lowest BCUT2D eigenvalue weighted by atomic mass is 10.1. The molecule has 0 aliphatic heterocycles. The van der Waals surface area contributed by atoms with Gasteiger partial charge in [-0.15, -0.1) is 0 Å². The average Bonchev–Trinajstić information content (AvgIpc) is 2.90. The molecule has 0 aromatic carbocycles. The van der Waals surface area contributed by atoms with E-state index in [1.807, 2.05) is 21.3 Å². The van der Waals surface area contributed by atoms with Gasteiger partial charge in [0.15, 0.2) is 0 Å². The molecule has 0 aliphatic rings. The van der Waals surface area contributed by atoms with Gasteiger partial charge < -0.3 is 59.1 Å². The Morgan fingerprint density at radius 2 is 0.878 bits per heavy atom. The first kappa shape index (κ1) is 37.3. The van der Waals surface area contributed by atoms with Crippen LogP contribution in [-0.2, 0) is 38.4 Å². The fourth-order valence-corrected chi connectivity index (χ4v) is 3.26. The number of aliphatic hydroxyl groups is 2. The van der Waals surface area contributed by atoms with Crippen molar-refractivity contribution in [2.24, 2.45) is 17.2 Å². The number of carbonyl (C=O) groups is 8. The van der Waals surface area contributed by atoms with Gasteiger partial charge in [0.05, 0.1) is 32.1 Å². The highest BCUT2D eigenvalue weighted by atomic mass is 32.1. The second-order valence-electron chi connectivity index (χ2n) is 8.32. The van der Waals surface area contributed by atoms with E-state index in [1.54, 1.807) is 0 Å². The van der Waals surface area contributed by atoms with Crippen molar-refractivity contribution in [1.82, 2.24) is 26.6 Å². The Kier molecular flexibility index (Phi) is 17.0. The summed E-state index contributed by atoms with van der Waals surface area (Å²) in [5.74, 6) is -9.65. The molecule has 0 unspecified atom stereocenters. The van der Waals surface area contributed by atoms with Crippen LogP contribution in [0, 0.1) is 0 Å². The first-order chi connectivity index (χ1) is 19.1. The molecule has 0 aliphatic carbocycles. The maximum Gasteiger partial charge on any atom is 0.327 e. The fourth-order valence-electron chi connectivity index (χ4n) is 2.85. The Bertz CT molecular complexity index is 1000. The molecule has 0 heterocycles. The Balaban J connectivity index is 5.66. The number of nitrogens with one attached hydrogen (secondary N) is 5. The van der Waals surface area contributed by atoms with Crippen LogP contribution in [0.2, 0.25) is 0 Å². The second kappa shape index (κ2) is 18.6. The van der Waals surface area contributed by atoms with E-state index in [2.05, 4.69) is 30.6 Å². The number of carbonyl (C=O) groups excluding carboxylic acids is 7. The number of hydrogen-bond acceptors (Lipinski definition) is 13. The Morgan fingerprint density at radius 1 is 0.561 bits per heavy atom. The summed E-state index contributed by atoms with van der Waals surface area (Å²) in [7, 11) is 0. The molecule has 41 heavy (non-hydrogen) atoms. The van der Waals surface area contributed by atoms with Gasteiger partial charge in [-0.05, 0) is 0 Å². The van der Waals surface area contributed by atoms with E-state index in [1.165, 1.54) is 0 Å². The number of aliphatic hydroxyl groups excluding tert-OH is 2. The van der Waals surface area contributed by atoms with Crippen LogP contribution in [0.1, 0.15) is 12.8 Å². The summed E-state index contributed by atoms with van der Waals surface area (Å²) in [6, 6.07) is -9.59. The molecule has 0 fully saturated rings. The predicted molar refractivity (Wildman–Crippen MR) is 145 cm³/mol. The molecule has 0 saturated carbocycles. The zero-order valence-electron chi connectivity index (χ0n) is 21.4. The van der Waals surface area contributed by atoms with Crippen molar-refractivity contribution >= 4 is 72.6 Å². The van der Waals surface area contributed by atoms with E-state index < -0.39 is 110 Å². The zero-order valence-corrected chi connectivity index (χ0v) is 23.2. The molecule has 0 aromatic rings. The molecule has 0 aromatic heterocycles. The SMILES string of the molecule is NC(=O)C[C@H](NC(=O)[C@H](CO)NC(=O)[C@H](CC(N)=O)NC(=O)[C@@H](N)CS)C(=O)N[C@@H](CO)C(=O)N[C@@H](CS)C(=O)O. The quantitative estimate of drug-likeness (QED) is 0.0595.